The van der Waals surface area contributed by atoms with Crippen LogP contribution in [0.15, 0.2) is 0 Å². The van der Waals surface area contributed by atoms with Gasteiger partial charge < -0.3 is 0 Å². The molecule has 2 nitrogen and oxygen atoms in total. The highest BCUT2D eigenvalue weighted by Crippen LogP contribution is 2.30. The molecule has 0 aromatic heterocycles. The largest absolute Gasteiger partial charge is 0.292 e. The van der Waals surface area contributed by atoms with Crippen LogP contribution in [0, 0.1) is 0 Å². The molecule has 106 valence electrons. The lowest BCUT2D eigenvalue weighted by atomic mass is 9.93. The highest BCUT2D eigenvalue weighted by molar-refractivity contribution is 7.80. The first-order valence-corrected chi connectivity index (χ1v) is 8.53. The second-order valence-corrected chi connectivity index (χ2v) is 6.51. The molecule has 1 heterocycles. The summed E-state index contributed by atoms with van der Waals surface area (Å²) < 4.78 is 0. The molecule has 2 unspecified atom stereocenters. The molecule has 2 fully saturated rings. The molecule has 3 heteroatoms. The molecule has 1 N–H and O–H groups in total. The zero-order chi connectivity index (χ0) is 12.8. The zero-order valence-corrected chi connectivity index (χ0v) is 12.8. The van der Waals surface area contributed by atoms with Gasteiger partial charge in [-0.15, -0.1) is 12.6 Å². The van der Waals surface area contributed by atoms with Gasteiger partial charge in [-0.25, -0.2) is 0 Å². The van der Waals surface area contributed by atoms with E-state index in [9.17, 15) is 0 Å². The number of nitrogens with zero attached hydrogens (tertiary/aromatic N) is 1. The summed E-state index contributed by atoms with van der Waals surface area (Å²) >= 11 is 4.74. The fourth-order valence-electron chi connectivity index (χ4n) is 3.59. The number of hydrogen-bond donors (Lipinski definition) is 2. The van der Waals surface area contributed by atoms with E-state index in [1.54, 1.807) is 0 Å². The van der Waals surface area contributed by atoms with E-state index in [0.717, 1.165) is 18.6 Å². The molecule has 0 radical (unpaired) electrons. The van der Waals surface area contributed by atoms with Crippen molar-refractivity contribution in [3.05, 3.63) is 0 Å². The van der Waals surface area contributed by atoms with Crippen LogP contribution in [-0.2, 0) is 0 Å². The zero-order valence-electron chi connectivity index (χ0n) is 11.9. The first-order valence-electron chi connectivity index (χ1n) is 8.02. The first kappa shape index (κ1) is 14.7. The van der Waals surface area contributed by atoms with Gasteiger partial charge in [0, 0.05) is 18.6 Å². The predicted molar refractivity (Wildman–Crippen MR) is 82.0 cm³/mol. The second kappa shape index (κ2) is 7.76. The SMILES string of the molecule is CCCCCCC1CNC(S)N1C1CCCCC1. The van der Waals surface area contributed by atoms with Crippen LogP contribution in [0.1, 0.15) is 71.1 Å². The van der Waals surface area contributed by atoms with Gasteiger partial charge in [-0.1, -0.05) is 51.9 Å². The third-order valence-corrected chi connectivity index (χ3v) is 5.08. The Bertz CT molecular complexity index is 229. The molecule has 0 aromatic carbocycles. The van der Waals surface area contributed by atoms with Gasteiger partial charge in [-0.05, 0) is 19.3 Å². The van der Waals surface area contributed by atoms with Crippen molar-refractivity contribution >= 4 is 12.6 Å². The Kier molecular flexibility index (Phi) is 6.33. The van der Waals surface area contributed by atoms with Gasteiger partial charge in [0.15, 0.2) is 0 Å². The Morgan fingerprint density at radius 3 is 2.61 bits per heavy atom. The van der Waals surface area contributed by atoms with E-state index in [4.69, 9.17) is 12.6 Å². The minimum absolute atomic E-state index is 0.310. The summed E-state index contributed by atoms with van der Waals surface area (Å²) in [5.41, 5.74) is 0.310. The first-order chi connectivity index (χ1) is 8.83. The van der Waals surface area contributed by atoms with Crippen LogP contribution >= 0.6 is 12.6 Å². The molecule has 0 bridgehead atoms. The third-order valence-electron chi connectivity index (χ3n) is 4.63. The fourth-order valence-corrected chi connectivity index (χ4v) is 4.07. The fraction of sp³-hybridized carbons (Fsp3) is 1.00. The van der Waals surface area contributed by atoms with E-state index in [2.05, 4.69) is 17.1 Å². The van der Waals surface area contributed by atoms with Crippen LogP contribution < -0.4 is 5.32 Å². The lowest BCUT2D eigenvalue weighted by Gasteiger charge is -2.37. The van der Waals surface area contributed by atoms with Crippen molar-refractivity contribution in [3.8, 4) is 0 Å². The molecule has 18 heavy (non-hydrogen) atoms. The minimum Gasteiger partial charge on any atom is -0.292 e. The summed E-state index contributed by atoms with van der Waals surface area (Å²) in [6, 6.07) is 1.54. The van der Waals surface area contributed by atoms with Gasteiger partial charge in [0.25, 0.3) is 0 Å². The summed E-state index contributed by atoms with van der Waals surface area (Å²) in [6.45, 7) is 3.44. The number of rotatable bonds is 6. The Balaban J connectivity index is 1.80. The van der Waals surface area contributed by atoms with Crippen LogP contribution in [-0.4, -0.2) is 29.0 Å². The lowest BCUT2D eigenvalue weighted by molar-refractivity contribution is 0.125. The van der Waals surface area contributed by atoms with Crippen molar-refractivity contribution < 1.29 is 0 Å². The highest BCUT2D eigenvalue weighted by Gasteiger charge is 2.35. The molecule has 1 saturated carbocycles. The van der Waals surface area contributed by atoms with E-state index < -0.39 is 0 Å². The van der Waals surface area contributed by atoms with Crippen molar-refractivity contribution in [1.29, 1.82) is 0 Å². The van der Waals surface area contributed by atoms with Crippen molar-refractivity contribution in [1.82, 2.24) is 10.2 Å². The Labute approximate surface area is 118 Å². The highest BCUT2D eigenvalue weighted by atomic mass is 32.1. The molecule has 0 amide bonds. The molecule has 0 spiro atoms. The predicted octanol–water partition coefficient (Wildman–Crippen LogP) is 3.78. The maximum Gasteiger partial charge on any atom is 0.106 e. The lowest BCUT2D eigenvalue weighted by Crippen LogP contribution is -2.44. The van der Waals surface area contributed by atoms with Crippen LogP contribution in [0.2, 0.25) is 0 Å². The molecular formula is C15H30N2S. The van der Waals surface area contributed by atoms with Crippen LogP contribution in [0.5, 0.6) is 0 Å². The molecule has 1 saturated heterocycles. The summed E-state index contributed by atoms with van der Waals surface area (Å²) in [4.78, 5) is 2.69. The average Bonchev–Trinajstić information content (AvgIpc) is 2.77. The van der Waals surface area contributed by atoms with Crippen LogP contribution in [0.25, 0.3) is 0 Å². The molecule has 1 aliphatic heterocycles. The standard InChI is InChI=1S/C15H30N2S/c1-2-3-4-6-11-14-12-16-15(18)17(14)13-9-7-5-8-10-13/h13-16,18H,2-12H2,1H3. The minimum atomic E-state index is 0.310. The number of nitrogens with one attached hydrogen (secondary N) is 1. The molecule has 2 atom stereocenters. The van der Waals surface area contributed by atoms with Crippen molar-refractivity contribution in [3.63, 3.8) is 0 Å². The summed E-state index contributed by atoms with van der Waals surface area (Å²) in [7, 11) is 0. The topological polar surface area (TPSA) is 15.3 Å². The van der Waals surface area contributed by atoms with Crippen LogP contribution in [0.4, 0.5) is 0 Å². The molecular weight excluding hydrogens is 240 g/mol. The Morgan fingerprint density at radius 2 is 1.89 bits per heavy atom. The molecule has 2 aliphatic rings. The Morgan fingerprint density at radius 1 is 1.11 bits per heavy atom. The quantitative estimate of drug-likeness (QED) is 0.564. The summed E-state index contributed by atoms with van der Waals surface area (Å²) in [5.74, 6) is 0. The number of unbranched alkanes of at least 4 members (excludes halogenated alkanes) is 3. The maximum atomic E-state index is 4.74. The van der Waals surface area contributed by atoms with Gasteiger partial charge in [-0.2, -0.15) is 0 Å². The van der Waals surface area contributed by atoms with Gasteiger partial charge in [0.1, 0.15) is 5.50 Å². The number of hydrogen-bond acceptors (Lipinski definition) is 3. The maximum absolute atomic E-state index is 4.74. The van der Waals surface area contributed by atoms with Crippen molar-refractivity contribution in [2.75, 3.05) is 6.54 Å². The summed E-state index contributed by atoms with van der Waals surface area (Å²) in [6.07, 6.45) is 14.0. The molecule has 1 aliphatic carbocycles. The normalized spacial score (nSPS) is 31.0. The third kappa shape index (κ3) is 3.88. The van der Waals surface area contributed by atoms with Crippen LogP contribution in [0.3, 0.4) is 0 Å². The van der Waals surface area contributed by atoms with E-state index in [0.29, 0.717) is 5.50 Å². The number of thiol groups is 1. The average molecular weight is 270 g/mol. The smallest absolute Gasteiger partial charge is 0.106 e. The van der Waals surface area contributed by atoms with Crippen molar-refractivity contribution in [2.24, 2.45) is 0 Å². The van der Waals surface area contributed by atoms with Crippen molar-refractivity contribution in [2.45, 2.75) is 88.7 Å². The van der Waals surface area contributed by atoms with Gasteiger partial charge >= 0.3 is 0 Å². The second-order valence-electron chi connectivity index (χ2n) is 6.02. The van der Waals surface area contributed by atoms with E-state index in [1.807, 2.05) is 0 Å². The molecule has 2 rings (SSSR count). The van der Waals surface area contributed by atoms with E-state index >= 15 is 0 Å². The van der Waals surface area contributed by atoms with E-state index in [-0.39, 0.29) is 0 Å². The molecule has 0 aromatic rings. The van der Waals surface area contributed by atoms with Gasteiger partial charge in [0.05, 0.1) is 0 Å². The van der Waals surface area contributed by atoms with Gasteiger partial charge in [0.2, 0.25) is 0 Å². The monoisotopic (exact) mass is 270 g/mol. The Hall–Kier alpha value is 0.270. The summed E-state index contributed by atoms with van der Waals surface area (Å²) in [5, 5.41) is 3.55. The van der Waals surface area contributed by atoms with E-state index in [1.165, 1.54) is 64.2 Å². The van der Waals surface area contributed by atoms with Gasteiger partial charge in [-0.3, -0.25) is 10.2 Å².